The van der Waals surface area contributed by atoms with E-state index in [0.29, 0.717) is 36.3 Å². The summed E-state index contributed by atoms with van der Waals surface area (Å²) in [5.74, 6) is 0.0404. The van der Waals surface area contributed by atoms with Crippen LogP contribution in [0.5, 0.6) is 0 Å². The summed E-state index contributed by atoms with van der Waals surface area (Å²) in [5, 5.41) is 10.6. The van der Waals surface area contributed by atoms with Gasteiger partial charge in [-0.25, -0.2) is 0 Å². The molecule has 1 fully saturated rings. The average molecular weight is 413 g/mol. The van der Waals surface area contributed by atoms with Crippen LogP contribution < -0.4 is 16.0 Å². The summed E-state index contributed by atoms with van der Waals surface area (Å²) < 4.78 is 0. The molecule has 0 saturated carbocycles. The summed E-state index contributed by atoms with van der Waals surface area (Å²) in [6, 6.07) is 19.7. The van der Waals surface area contributed by atoms with E-state index in [1.54, 1.807) is 4.90 Å². The summed E-state index contributed by atoms with van der Waals surface area (Å²) in [6.45, 7) is 1.91. The van der Waals surface area contributed by atoms with E-state index in [4.69, 9.17) is 24.4 Å². The van der Waals surface area contributed by atoms with Crippen LogP contribution in [-0.2, 0) is 17.9 Å². The Morgan fingerprint density at radius 3 is 2.32 bits per heavy atom. The van der Waals surface area contributed by atoms with Crippen LogP contribution in [-0.4, -0.2) is 33.6 Å². The Labute approximate surface area is 176 Å². The van der Waals surface area contributed by atoms with E-state index in [2.05, 4.69) is 28.1 Å². The van der Waals surface area contributed by atoms with E-state index in [0.717, 1.165) is 12.0 Å². The van der Waals surface area contributed by atoms with E-state index in [9.17, 15) is 4.79 Å². The maximum absolute atomic E-state index is 12.6. The molecule has 0 aromatic heterocycles. The number of nitrogens with zero attached hydrogens (tertiary/aromatic N) is 1. The van der Waals surface area contributed by atoms with Crippen LogP contribution in [0.3, 0.4) is 0 Å². The number of carbonyl (C=O) groups excluding carboxylic acids is 1. The minimum atomic E-state index is -0.260. The number of nitrogens with one attached hydrogen (secondary N) is 3. The summed E-state index contributed by atoms with van der Waals surface area (Å²) in [5.41, 5.74) is 2.25. The normalized spacial score (nSPS) is 16.0. The van der Waals surface area contributed by atoms with Gasteiger partial charge in [0.1, 0.15) is 6.04 Å². The van der Waals surface area contributed by atoms with Crippen molar-refractivity contribution in [2.45, 2.75) is 32.0 Å². The van der Waals surface area contributed by atoms with Crippen molar-refractivity contribution in [1.29, 1.82) is 0 Å². The van der Waals surface area contributed by atoms with Gasteiger partial charge in [0.15, 0.2) is 10.2 Å². The molecule has 1 amide bonds. The minimum Gasteiger partial charge on any atom is -0.363 e. The predicted octanol–water partition coefficient (Wildman–Crippen LogP) is 2.72. The fraction of sp³-hybridized carbons (Fsp3) is 0.286. The lowest BCUT2D eigenvalue weighted by molar-refractivity contribution is -0.127. The van der Waals surface area contributed by atoms with Crippen molar-refractivity contribution in [3.05, 3.63) is 71.8 Å². The molecule has 1 heterocycles. The number of carbonyl (C=O) groups is 1. The molecule has 1 saturated heterocycles. The second-order valence-corrected chi connectivity index (χ2v) is 7.44. The SMILES string of the molecule is O=C1[C@@H](CCCNC(=S)NCc2ccccc2)NC(=S)N1Cc1ccccc1. The summed E-state index contributed by atoms with van der Waals surface area (Å²) in [6.07, 6.45) is 1.52. The van der Waals surface area contributed by atoms with Gasteiger partial charge in [-0.15, -0.1) is 0 Å². The first-order valence-corrected chi connectivity index (χ1v) is 10.2. The highest BCUT2D eigenvalue weighted by molar-refractivity contribution is 7.80. The number of benzene rings is 2. The maximum atomic E-state index is 12.6. The highest BCUT2D eigenvalue weighted by Gasteiger charge is 2.34. The monoisotopic (exact) mass is 412 g/mol. The van der Waals surface area contributed by atoms with Gasteiger partial charge in [0.25, 0.3) is 5.91 Å². The lowest BCUT2D eigenvalue weighted by Gasteiger charge is -2.15. The Morgan fingerprint density at radius 2 is 1.64 bits per heavy atom. The molecule has 2 aromatic rings. The summed E-state index contributed by atoms with van der Waals surface area (Å²) >= 11 is 10.6. The van der Waals surface area contributed by atoms with Crippen molar-refractivity contribution in [1.82, 2.24) is 20.9 Å². The largest absolute Gasteiger partial charge is 0.363 e. The Balaban J connectivity index is 1.36. The second-order valence-electron chi connectivity index (χ2n) is 6.65. The molecule has 3 N–H and O–H groups in total. The standard InChI is InChI=1S/C21H24N4OS2/c26-19-18(24-21(28)25(19)15-17-10-5-2-6-11-17)12-7-13-22-20(27)23-14-16-8-3-1-4-9-16/h1-6,8-11,18H,7,12-15H2,(H,24,28)(H2,22,23,27)/t18-/m1/s1. The van der Waals surface area contributed by atoms with E-state index in [-0.39, 0.29) is 11.9 Å². The number of hydrogen-bond donors (Lipinski definition) is 3. The van der Waals surface area contributed by atoms with Crippen LogP contribution in [0.15, 0.2) is 60.7 Å². The minimum absolute atomic E-state index is 0.0404. The fourth-order valence-corrected chi connectivity index (χ4v) is 3.51. The molecule has 7 heteroatoms. The number of hydrogen-bond acceptors (Lipinski definition) is 3. The summed E-state index contributed by atoms with van der Waals surface area (Å²) in [7, 11) is 0. The van der Waals surface area contributed by atoms with Crippen molar-refractivity contribution in [3.8, 4) is 0 Å². The first-order chi connectivity index (χ1) is 13.6. The molecule has 0 bridgehead atoms. The van der Waals surface area contributed by atoms with Crippen LogP contribution in [0.2, 0.25) is 0 Å². The van der Waals surface area contributed by atoms with Gasteiger partial charge in [-0.1, -0.05) is 60.7 Å². The van der Waals surface area contributed by atoms with Crippen LogP contribution in [0.1, 0.15) is 24.0 Å². The molecule has 0 aliphatic carbocycles. The third-order valence-corrected chi connectivity index (χ3v) is 5.17. The highest BCUT2D eigenvalue weighted by atomic mass is 32.1. The summed E-state index contributed by atoms with van der Waals surface area (Å²) in [4.78, 5) is 14.3. The van der Waals surface area contributed by atoms with E-state index >= 15 is 0 Å². The van der Waals surface area contributed by atoms with Crippen LogP contribution >= 0.6 is 24.4 Å². The van der Waals surface area contributed by atoms with Gasteiger partial charge in [-0.3, -0.25) is 9.69 Å². The molecular formula is C21H24N4OS2. The van der Waals surface area contributed by atoms with Crippen LogP contribution in [0.25, 0.3) is 0 Å². The lowest BCUT2D eigenvalue weighted by atomic mass is 10.1. The average Bonchev–Trinajstić information content (AvgIpc) is 2.99. The fourth-order valence-electron chi connectivity index (χ4n) is 3.04. The van der Waals surface area contributed by atoms with Gasteiger partial charge in [0.05, 0.1) is 6.54 Å². The smallest absolute Gasteiger partial charge is 0.251 e. The zero-order valence-corrected chi connectivity index (χ0v) is 17.2. The first-order valence-electron chi connectivity index (χ1n) is 9.35. The van der Waals surface area contributed by atoms with Crippen molar-refractivity contribution in [2.75, 3.05) is 6.54 Å². The van der Waals surface area contributed by atoms with Gasteiger partial charge >= 0.3 is 0 Å². The Morgan fingerprint density at radius 1 is 1.00 bits per heavy atom. The third-order valence-electron chi connectivity index (χ3n) is 4.54. The van der Waals surface area contributed by atoms with E-state index < -0.39 is 0 Å². The van der Waals surface area contributed by atoms with Crippen molar-refractivity contribution in [3.63, 3.8) is 0 Å². The van der Waals surface area contributed by atoms with Crippen LogP contribution in [0.4, 0.5) is 0 Å². The number of rotatable bonds is 8. The molecule has 2 aromatic carbocycles. The molecule has 5 nitrogen and oxygen atoms in total. The molecule has 3 rings (SSSR count). The molecule has 1 aliphatic rings. The lowest BCUT2D eigenvalue weighted by Crippen LogP contribution is -2.36. The van der Waals surface area contributed by atoms with Crippen molar-refractivity contribution >= 4 is 40.6 Å². The highest BCUT2D eigenvalue weighted by Crippen LogP contribution is 2.15. The zero-order chi connectivity index (χ0) is 19.8. The van der Waals surface area contributed by atoms with Crippen molar-refractivity contribution < 1.29 is 4.79 Å². The first kappa shape index (κ1) is 20.2. The van der Waals surface area contributed by atoms with Crippen LogP contribution in [0, 0.1) is 0 Å². The predicted molar refractivity (Wildman–Crippen MR) is 120 cm³/mol. The second kappa shape index (κ2) is 10.1. The Kier molecular flexibility index (Phi) is 7.33. The zero-order valence-electron chi connectivity index (χ0n) is 15.6. The van der Waals surface area contributed by atoms with Crippen molar-refractivity contribution in [2.24, 2.45) is 0 Å². The molecule has 0 unspecified atom stereocenters. The third kappa shape index (κ3) is 5.74. The topological polar surface area (TPSA) is 56.4 Å². The Hall–Kier alpha value is -2.51. The van der Waals surface area contributed by atoms with Gasteiger partial charge in [0, 0.05) is 13.1 Å². The quantitative estimate of drug-likeness (QED) is 0.458. The molecule has 0 radical (unpaired) electrons. The van der Waals surface area contributed by atoms with Gasteiger partial charge in [0.2, 0.25) is 0 Å². The Bertz CT molecular complexity index is 814. The van der Waals surface area contributed by atoms with Gasteiger partial charge in [-0.2, -0.15) is 0 Å². The van der Waals surface area contributed by atoms with E-state index in [1.807, 2.05) is 48.5 Å². The maximum Gasteiger partial charge on any atom is 0.251 e. The van der Waals surface area contributed by atoms with E-state index in [1.165, 1.54) is 5.56 Å². The number of amides is 1. The number of thiocarbonyl (C=S) groups is 2. The molecule has 146 valence electrons. The van der Waals surface area contributed by atoms with Gasteiger partial charge in [-0.05, 0) is 48.4 Å². The molecule has 1 atom stereocenters. The molecule has 1 aliphatic heterocycles. The molecular weight excluding hydrogens is 388 g/mol. The van der Waals surface area contributed by atoms with Gasteiger partial charge < -0.3 is 16.0 Å². The molecule has 28 heavy (non-hydrogen) atoms. The molecule has 0 spiro atoms.